The Morgan fingerprint density at radius 1 is 1.35 bits per heavy atom. The lowest BCUT2D eigenvalue weighted by molar-refractivity contribution is 0.496. The van der Waals surface area contributed by atoms with E-state index in [2.05, 4.69) is 45.7 Å². The SMILES string of the molecule is CCCNC(CCc1cccs1)c1ccc(Br)c(F)c1. The molecule has 0 aliphatic heterocycles. The quantitative estimate of drug-likeness (QED) is 0.708. The monoisotopic (exact) mass is 355 g/mol. The third-order valence-electron chi connectivity index (χ3n) is 3.25. The molecule has 0 aliphatic rings. The maximum absolute atomic E-state index is 13.7. The fraction of sp³-hybridized carbons (Fsp3) is 0.375. The van der Waals surface area contributed by atoms with Crippen molar-refractivity contribution < 1.29 is 4.39 Å². The minimum atomic E-state index is -0.193. The number of hydrogen-bond acceptors (Lipinski definition) is 2. The lowest BCUT2D eigenvalue weighted by Gasteiger charge is -2.19. The van der Waals surface area contributed by atoms with E-state index >= 15 is 0 Å². The van der Waals surface area contributed by atoms with Crippen LogP contribution in [0.5, 0.6) is 0 Å². The molecular weight excluding hydrogens is 337 g/mol. The average molecular weight is 356 g/mol. The largest absolute Gasteiger partial charge is 0.310 e. The fourth-order valence-corrected chi connectivity index (χ4v) is 3.15. The van der Waals surface area contributed by atoms with Crippen molar-refractivity contribution in [2.75, 3.05) is 6.54 Å². The maximum atomic E-state index is 13.7. The molecule has 0 saturated carbocycles. The van der Waals surface area contributed by atoms with E-state index in [1.54, 1.807) is 23.5 Å². The van der Waals surface area contributed by atoms with Crippen molar-refractivity contribution >= 4 is 27.3 Å². The van der Waals surface area contributed by atoms with Crippen molar-refractivity contribution in [3.05, 3.63) is 56.4 Å². The van der Waals surface area contributed by atoms with E-state index in [4.69, 9.17) is 0 Å². The summed E-state index contributed by atoms with van der Waals surface area (Å²) in [7, 11) is 0. The van der Waals surface area contributed by atoms with Crippen LogP contribution >= 0.6 is 27.3 Å². The number of aryl methyl sites for hydroxylation is 1. The Balaban J connectivity index is 2.07. The Hall–Kier alpha value is -0.710. The molecule has 0 aliphatic carbocycles. The van der Waals surface area contributed by atoms with Crippen molar-refractivity contribution in [2.24, 2.45) is 0 Å². The highest BCUT2D eigenvalue weighted by atomic mass is 79.9. The molecule has 1 aromatic carbocycles. The molecule has 0 saturated heterocycles. The molecule has 1 unspecified atom stereocenters. The Kier molecular flexibility index (Phi) is 6.20. The standard InChI is InChI=1S/C16H19BrFNS/c1-2-9-19-16(8-6-13-4-3-10-20-13)12-5-7-14(17)15(18)11-12/h3-5,7,10-11,16,19H,2,6,8-9H2,1H3. The fourth-order valence-electron chi connectivity index (χ4n) is 2.18. The van der Waals surface area contributed by atoms with Gasteiger partial charge in [-0.1, -0.05) is 19.1 Å². The number of nitrogens with one attached hydrogen (secondary N) is 1. The maximum Gasteiger partial charge on any atom is 0.137 e. The number of benzene rings is 1. The Morgan fingerprint density at radius 2 is 2.20 bits per heavy atom. The zero-order valence-corrected chi connectivity index (χ0v) is 13.9. The third-order valence-corrected chi connectivity index (χ3v) is 4.83. The molecule has 1 aromatic heterocycles. The number of thiophene rings is 1. The van der Waals surface area contributed by atoms with E-state index in [0.717, 1.165) is 31.4 Å². The Labute approximate surface area is 132 Å². The first-order valence-electron chi connectivity index (χ1n) is 6.91. The first kappa shape index (κ1) is 15.7. The lowest BCUT2D eigenvalue weighted by Crippen LogP contribution is -2.22. The lowest BCUT2D eigenvalue weighted by atomic mass is 10.0. The summed E-state index contributed by atoms with van der Waals surface area (Å²) in [6.07, 6.45) is 3.09. The molecule has 1 atom stereocenters. The van der Waals surface area contributed by atoms with E-state index in [1.807, 2.05) is 6.07 Å². The first-order valence-corrected chi connectivity index (χ1v) is 8.58. The normalized spacial score (nSPS) is 12.6. The van der Waals surface area contributed by atoms with Crippen LogP contribution in [0.2, 0.25) is 0 Å². The summed E-state index contributed by atoms with van der Waals surface area (Å²) in [5.41, 5.74) is 1.02. The molecule has 20 heavy (non-hydrogen) atoms. The summed E-state index contributed by atoms with van der Waals surface area (Å²) in [4.78, 5) is 1.38. The molecule has 108 valence electrons. The van der Waals surface area contributed by atoms with Gasteiger partial charge >= 0.3 is 0 Å². The third kappa shape index (κ3) is 4.40. The van der Waals surface area contributed by atoms with Gasteiger partial charge in [0.2, 0.25) is 0 Å². The Morgan fingerprint density at radius 3 is 2.85 bits per heavy atom. The van der Waals surface area contributed by atoms with Crippen LogP contribution in [0.1, 0.15) is 36.2 Å². The topological polar surface area (TPSA) is 12.0 Å². The van der Waals surface area contributed by atoms with Crippen LogP contribution < -0.4 is 5.32 Å². The zero-order valence-electron chi connectivity index (χ0n) is 11.5. The molecule has 0 amide bonds. The van der Waals surface area contributed by atoms with Gasteiger partial charge in [-0.05, 0) is 70.9 Å². The second kappa shape index (κ2) is 7.91. The molecular formula is C16H19BrFNS. The van der Waals surface area contributed by atoms with Crippen LogP contribution in [0.15, 0.2) is 40.2 Å². The van der Waals surface area contributed by atoms with Gasteiger partial charge < -0.3 is 5.32 Å². The molecule has 1 nitrogen and oxygen atoms in total. The second-order valence-corrected chi connectivity index (χ2v) is 6.68. The van der Waals surface area contributed by atoms with Gasteiger partial charge in [0, 0.05) is 10.9 Å². The zero-order chi connectivity index (χ0) is 14.4. The van der Waals surface area contributed by atoms with Crippen LogP contribution in [0.25, 0.3) is 0 Å². The van der Waals surface area contributed by atoms with Crippen LogP contribution in [0, 0.1) is 5.82 Å². The number of halogens is 2. The molecule has 0 spiro atoms. The second-order valence-electron chi connectivity index (χ2n) is 4.80. The molecule has 2 aromatic rings. The first-order chi connectivity index (χ1) is 9.70. The predicted molar refractivity (Wildman–Crippen MR) is 87.8 cm³/mol. The van der Waals surface area contributed by atoms with Crippen molar-refractivity contribution in [3.8, 4) is 0 Å². The average Bonchev–Trinajstić information content (AvgIpc) is 2.95. The molecule has 1 heterocycles. The van der Waals surface area contributed by atoms with Crippen LogP contribution in [0.3, 0.4) is 0 Å². The molecule has 0 radical (unpaired) electrons. The summed E-state index contributed by atoms with van der Waals surface area (Å²) in [6, 6.07) is 9.86. The van der Waals surface area contributed by atoms with Gasteiger partial charge in [-0.25, -0.2) is 4.39 Å². The van der Waals surface area contributed by atoms with Gasteiger partial charge in [-0.2, -0.15) is 0 Å². The highest BCUT2D eigenvalue weighted by Gasteiger charge is 2.13. The summed E-state index contributed by atoms with van der Waals surface area (Å²) < 4.78 is 14.2. The highest BCUT2D eigenvalue weighted by Crippen LogP contribution is 2.25. The predicted octanol–water partition coefficient (Wildman–Crippen LogP) is 5.32. The summed E-state index contributed by atoms with van der Waals surface area (Å²) in [6.45, 7) is 3.10. The Bertz CT molecular complexity index is 527. The molecule has 4 heteroatoms. The molecule has 2 rings (SSSR count). The molecule has 1 N–H and O–H groups in total. The van der Waals surface area contributed by atoms with E-state index in [9.17, 15) is 4.39 Å². The minimum absolute atomic E-state index is 0.193. The van der Waals surface area contributed by atoms with Crippen LogP contribution in [-0.2, 0) is 6.42 Å². The molecule has 0 bridgehead atoms. The van der Waals surface area contributed by atoms with E-state index in [1.165, 1.54) is 4.88 Å². The highest BCUT2D eigenvalue weighted by molar-refractivity contribution is 9.10. The van der Waals surface area contributed by atoms with E-state index in [0.29, 0.717) is 4.47 Å². The smallest absolute Gasteiger partial charge is 0.137 e. The summed E-state index contributed by atoms with van der Waals surface area (Å²) in [5, 5.41) is 5.62. The van der Waals surface area contributed by atoms with Crippen molar-refractivity contribution in [2.45, 2.75) is 32.2 Å². The van der Waals surface area contributed by atoms with E-state index in [-0.39, 0.29) is 11.9 Å². The summed E-state index contributed by atoms with van der Waals surface area (Å²) >= 11 is 4.99. The van der Waals surface area contributed by atoms with Gasteiger partial charge in [0.1, 0.15) is 5.82 Å². The number of rotatable bonds is 7. The van der Waals surface area contributed by atoms with Crippen LogP contribution in [0.4, 0.5) is 4.39 Å². The number of hydrogen-bond donors (Lipinski definition) is 1. The van der Waals surface area contributed by atoms with E-state index < -0.39 is 0 Å². The van der Waals surface area contributed by atoms with Gasteiger partial charge in [0.05, 0.1) is 4.47 Å². The van der Waals surface area contributed by atoms with Gasteiger partial charge in [0.15, 0.2) is 0 Å². The minimum Gasteiger partial charge on any atom is -0.310 e. The van der Waals surface area contributed by atoms with Crippen molar-refractivity contribution in [1.29, 1.82) is 0 Å². The van der Waals surface area contributed by atoms with Crippen LogP contribution in [-0.4, -0.2) is 6.54 Å². The van der Waals surface area contributed by atoms with Gasteiger partial charge in [-0.3, -0.25) is 0 Å². The van der Waals surface area contributed by atoms with Gasteiger partial charge in [0.25, 0.3) is 0 Å². The van der Waals surface area contributed by atoms with Crippen molar-refractivity contribution in [3.63, 3.8) is 0 Å². The molecule has 0 fully saturated rings. The summed E-state index contributed by atoms with van der Waals surface area (Å²) in [5.74, 6) is -0.193. The van der Waals surface area contributed by atoms with Crippen molar-refractivity contribution in [1.82, 2.24) is 5.32 Å². The van der Waals surface area contributed by atoms with Gasteiger partial charge in [-0.15, -0.1) is 11.3 Å².